The maximum atomic E-state index is 10.7. The molecule has 0 aromatic heterocycles. The number of carboxylic acids is 1. The zero-order valence-electron chi connectivity index (χ0n) is 10.3. The smallest absolute Gasteiger partial charge is 0.331 e. The summed E-state index contributed by atoms with van der Waals surface area (Å²) in [7, 11) is 0. The maximum absolute atomic E-state index is 10.7. The molecule has 0 heterocycles. The first kappa shape index (κ1) is 18.4. The molecule has 0 rings (SSSR count). The van der Waals surface area contributed by atoms with Crippen LogP contribution in [0.15, 0.2) is 12.2 Å². The van der Waals surface area contributed by atoms with Crippen LogP contribution < -0.4 is 4.72 Å². The van der Waals surface area contributed by atoms with Gasteiger partial charge in [-0.1, -0.05) is 39.5 Å². The highest BCUT2D eigenvalue weighted by Crippen LogP contribution is 1.94. The van der Waals surface area contributed by atoms with Crippen molar-refractivity contribution in [2.45, 2.75) is 33.1 Å². The Morgan fingerprint density at radius 1 is 1.29 bits per heavy atom. The Labute approximate surface area is 108 Å². The van der Waals surface area contributed by atoms with Crippen molar-refractivity contribution >= 4 is 24.8 Å². The maximum Gasteiger partial charge on any atom is 0.331 e. The van der Waals surface area contributed by atoms with Crippen LogP contribution in [-0.4, -0.2) is 30.2 Å². The highest BCUT2D eigenvalue weighted by molar-refractivity contribution is 7.78. The van der Waals surface area contributed by atoms with Crippen molar-refractivity contribution in [2.24, 2.45) is 0 Å². The molecule has 0 spiro atoms. The van der Waals surface area contributed by atoms with Gasteiger partial charge in [0.05, 0.1) is 6.61 Å². The first-order chi connectivity index (χ1) is 8.08. The van der Waals surface area contributed by atoms with Crippen molar-refractivity contribution in [1.29, 1.82) is 0 Å². The van der Waals surface area contributed by atoms with Gasteiger partial charge in [-0.15, -0.1) is 0 Å². The molecule has 17 heavy (non-hydrogen) atoms. The summed E-state index contributed by atoms with van der Waals surface area (Å²) < 4.78 is 7.33. The Morgan fingerprint density at radius 3 is 2.29 bits per heavy atom. The van der Waals surface area contributed by atoms with E-state index in [1.165, 1.54) is 0 Å². The SMILES string of the molecule is CCCCCOC(=O)/C=C/C(=O)O.CCNS. The molecule has 0 bridgehead atoms. The number of carbonyl (C=O) groups is 2. The van der Waals surface area contributed by atoms with Crippen LogP contribution >= 0.6 is 12.8 Å². The molecule has 2 N–H and O–H groups in total. The van der Waals surface area contributed by atoms with Crippen LogP contribution in [0.1, 0.15) is 33.1 Å². The third kappa shape index (κ3) is 20.9. The molecule has 0 saturated carbocycles. The van der Waals surface area contributed by atoms with Crippen molar-refractivity contribution in [2.75, 3.05) is 13.2 Å². The minimum atomic E-state index is -1.15. The van der Waals surface area contributed by atoms with Crippen LogP contribution in [0.4, 0.5) is 0 Å². The summed E-state index contributed by atoms with van der Waals surface area (Å²) in [6.45, 7) is 5.33. The van der Waals surface area contributed by atoms with E-state index in [4.69, 9.17) is 9.84 Å². The molecular formula is C11H21NO4S. The molecule has 0 aliphatic heterocycles. The number of aliphatic carboxylic acids is 1. The van der Waals surface area contributed by atoms with Crippen LogP contribution in [0.2, 0.25) is 0 Å². The predicted molar refractivity (Wildman–Crippen MR) is 69.9 cm³/mol. The topological polar surface area (TPSA) is 75.6 Å². The lowest BCUT2D eigenvalue weighted by Gasteiger charge is -1.99. The van der Waals surface area contributed by atoms with Crippen LogP contribution in [0.25, 0.3) is 0 Å². The Balaban J connectivity index is 0. The first-order valence-electron chi connectivity index (χ1n) is 5.53. The van der Waals surface area contributed by atoms with E-state index in [-0.39, 0.29) is 0 Å². The molecule has 0 radical (unpaired) electrons. The molecule has 0 aromatic carbocycles. The Kier molecular flexibility index (Phi) is 16.2. The van der Waals surface area contributed by atoms with Gasteiger partial charge in [0.25, 0.3) is 0 Å². The average molecular weight is 263 g/mol. The second kappa shape index (κ2) is 15.0. The van der Waals surface area contributed by atoms with E-state index in [2.05, 4.69) is 17.5 Å². The van der Waals surface area contributed by atoms with Crippen molar-refractivity contribution in [1.82, 2.24) is 4.72 Å². The van der Waals surface area contributed by atoms with Gasteiger partial charge in [-0.2, -0.15) is 0 Å². The van der Waals surface area contributed by atoms with E-state index in [9.17, 15) is 9.59 Å². The fraction of sp³-hybridized carbons (Fsp3) is 0.636. The Morgan fingerprint density at radius 2 is 1.88 bits per heavy atom. The number of carbonyl (C=O) groups excluding carboxylic acids is 1. The molecule has 0 unspecified atom stereocenters. The Hall–Kier alpha value is -1.01. The monoisotopic (exact) mass is 263 g/mol. The number of rotatable bonds is 7. The molecule has 100 valence electrons. The normalized spacial score (nSPS) is 9.59. The summed E-state index contributed by atoms with van der Waals surface area (Å²) in [5, 5.41) is 8.18. The largest absolute Gasteiger partial charge is 0.478 e. The van der Waals surface area contributed by atoms with E-state index in [1.807, 2.05) is 13.8 Å². The second-order valence-electron chi connectivity index (χ2n) is 3.06. The Bertz CT molecular complexity index is 230. The fourth-order valence-corrected chi connectivity index (χ4v) is 0.712. The zero-order chi connectivity index (χ0) is 13.5. The van der Waals surface area contributed by atoms with Gasteiger partial charge >= 0.3 is 11.9 Å². The van der Waals surface area contributed by atoms with Crippen LogP contribution in [-0.2, 0) is 14.3 Å². The van der Waals surface area contributed by atoms with Gasteiger partial charge in [-0.3, -0.25) is 4.72 Å². The zero-order valence-corrected chi connectivity index (χ0v) is 11.2. The number of carboxylic acid groups (broad SMARTS) is 1. The molecule has 0 aliphatic carbocycles. The molecule has 0 fully saturated rings. The van der Waals surface area contributed by atoms with Crippen molar-refractivity contribution in [3.05, 3.63) is 12.2 Å². The van der Waals surface area contributed by atoms with Gasteiger partial charge in [0, 0.05) is 18.7 Å². The van der Waals surface area contributed by atoms with Crippen molar-refractivity contribution in [3.8, 4) is 0 Å². The van der Waals surface area contributed by atoms with Gasteiger partial charge in [0.2, 0.25) is 0 Å². The summed E-state index contributed by atoms with van der Waals surface area (Å²) in [6, 6.07) is 0. The van der Waals surface area contributed by atoms with E-state index < -0.39 is 11.9 Å². The van der Waals surface area contributed by atoms with Gasteiger partial charge in [-0.25, -0.2) is 9.59 Å². The number of ether oxygens (including phenoxy) is 1. The summed E-state index contributed by atoms with van der Waals surface area (Å²) in [5.41, 5.74) is 0. The lowest BCUT2D eigenvalue weighted by molar-refractivity contribution is -0.138. The number of unbranched alkanes of at least 4 members (excludes halogenated alkanes) is 2. The van der Waals surface area contributed by atoms with E-state index >= 15 is 0 Å². The number of esters is 1. The molecule has 5 nitrogen and oxygen atoms in total. The van der Waals surface area contributed by atoms with Crippen molar-refractivity contribution < 1.29 is 19.4 Å². The highest BCUT2D eigenvalue weighted by Gasteiger charge is 1.97. The molecule has 0 saturated heterocycles. The minimum Gasteiger partial charge on any atom is -0.478 e. The summed E-state index contributed by atoms with van der Waals surface area (Å²) in [5.74, 6) is -1.75. The molecule has 0 aliphatic rings. The second-order valence-corrected chi connectivity index (χ2v) is 3.37. The number of nitrogens with one attached hydrogen (secondary N) is 1. The third-order valence-corrected chi connectivity index (χ3v) is 1.83. The van der Waals surface area contributed by atoms with E-state index in [1.54, 1.807) is 0 Å². The van der Waals surface area contributed by atoms with E-state index in [0.29, 0.717) is 6.61 Å². The predicted octanol–water partition coefficient (Wildman–Crippen LogP) is 1.80. The molecule has 6 heteroatoms. The third-order valence-electron chi connectivity index (χ3n) is 1.51. The fourth-order valence-electron chi connectivity index (χ4n) is 0.712. The van der Waals surface area contributed by atoms with Gasteiger partial charge in [0.1, 0.15) is 0 Å². The lowest BCUT2D eigenvalue weighted by atomic mass is 10.3. The van der Waals surface area contributed by atoms with Gasteiger partial charge < -0.3 is 9.84 Å². The molecule has 0 atom stereocenters. The van der Waals surface area contributed by atoms with Gasteiger partial charge in [0.15, 0.2) is 0 Å². The molecule has 0 aromatic rings. The van der Waals surface area contributed by atoms with E-state index in [0.717, 1.165) is 38.0 Å². The van der Waals surface area contributed by atoms with Crippen LogP contribution in [0, 0.1) is 0 Å². The standard InChI is InChI=1S/C9H14O4.C2H7NS/c1-2-3-4-7-13-9(12)6-5-8(10)11;1-2-3-4/h5-6H,2-4,7H2,1H3,(H,10,11);3-4H,2H2,1H3/b6-5+;. The minimum absolute atomic E-state index is 0.358. The van der Waals surface area contributed by atoms with Gasteiger partial charge in [-0.05, 0) is 6.42 Å². The highest BCUT2D eigenvalue weighted by atomic mass is 32.1. The van der Waals surface area contributed by atoms with Crippen LogP contribution in [0.5, 0.6) is 0 Å². The number of thiol groups is 1. The van der Waals surface area contributed by atoms with Crippen LogP contribution in [0.3, 0.4) is 0 Å². The molecule has 0 amide bonds. The lowest BCUT2D eigenvalue weighted by Crippen LogP contribution is -2.03. The average Bonchev–Trinajstić information content (AvgIpc) is 2.32. The first-order valence-corrected chi connectivity index (χ1v) is 5.97. The molecular weight excluding hydrogens is 242 g/mol. The van der Waals surface area contributed by atoms with Crippen molar-refractivity contribution in [3.63, 3.8) is 0 Å². The summed E-state index contributed by atoms with van der Waals surface area (Å²) in [6.07, 6.45) is 4.57. The quantitative estimate of drug-likeness (QED) is 0.283. The summed E-state index contributed by atoms with van der Waals surface area (Å²) >= 11 is 3.67. The number of hydrogen-bond acceptors (Lipinski definition) is 5. The summed E-state index contributed by atoms with van der Waals surface area (Å²) in [4.78, 5) is 20.7. The number of hydrogen-bond donors (Lipinski definition) is 3.